The van der Waals surface area contributed by atoms with Crippen molar-refractivity contribution in [2.75, 3.05) is 0 Å². The molecular weight excluding hydrogens is 515 g/mol. The molecule has 5 heteroatoms. The van der Waals surface area contributed by atoms with Crippen LogP contribution in [-0.2, 0) is 15.7 Å². The lowest BCUT2D eigenvalue weighted by Crippen LogP contribution is -2.41. The normalized spacial score (nSPS) is 20.0. The van der Waals surface area contributed by atoms with Gasteiger partial charge in [0.1, 0.15) is 5.65 Å². The number of rotatable bonds is 8. The first kappa shape index (κ1) is 28.5. The third-order valence-corrected chi connectivity index (χ3v) is 9.35. The molecule has 0 radical (unpaired) electrons. The Hall–Kier alpha value is -3.67. The van der Waals surface area contributed by atoms with Gasteiger partial charge in [0.2, 0.25) is 0 Å². The van der Waals surface area contributed by atoms with E-state index in [9.17, 15) is 0 Å². The SMILES string of the molecule is C=CCCC1C=CC=C(/C(C)=C/c2c(CC=C)c3nc4ccccc4n3c3ccc(B4OC(C)(C)C(C)(C)O4)cc23)C1. The van der Waals surface area contributed by atoms with Crippen molar-refractivity contribution >= 4 is 46.2 Å². The summed E-state index contributed by atoms with van der Waals surface area (Å²) in [4.78, 5) is 5.15. The van der Waals surface area contributed by atoms with E-state index in [2.05, 4.69) is 119 Å². The van der Waals surface area contributed by atoms with Crippen LogP contribution in [0.1, 0.15) is 65.0 Å². The van der Waals surface area contributed by atoms with Crippen molar-refractivity contribution in [3.8, 4) is 0 Å². The second-order valence-corrected chi connectivity index (χ2v) is 12.7. The molecule has 1 saturated heterocycles. The molecule has 0 amide bonds. The molecule has 2 aromatic heterocycles. The van der Waals surface area contributed by atoms with Crippen molar-refractivity contribution in [1.29, 1.82) is 0 Å². The van der Waals surface area contributed by atoms with Crippen molar-refractivity contribution in [2.45, 2.75) is 71.5 Å². The summed E-state index contributed by atoms with van der Waals surface area (Å²) < 4.78 is 15.3. The van der Waals surface area contributed by atoms with Crippen molar-refractivity contribution in [2.24, 2.45) is 5.92 Å². The predicted molar refractivity (Wildman–Crippen MR) is 178 cm³/mol. The first-order chi connectivity index (χ1) is 20.1. The first-order valence-electron chi connectivity index (χ1n) is 15.1. The summed E-state index contributed by atoms with van der Waals surface area (Å²) in [6.45, 7) is 18.7. The number of hydrogen-bond donors (Lipinski definition) is 0. The van der Waals surface area contributed by atoms with Gasteiger partial charge in [-0.2, -0.15) is 0 Å². The summed E-state index contributed by atoms with van der Waals surface area (Å²) in [5.74, 6) is 0.533. The van der Waals surface area contributed by atoms with Crippen molar-refractivity contribution < 1.29 is 9.31 Å². The average Bonchev–Trinajstić information content (AvgIpc) is 3.46. The number of allylic oxidation sites excluding steroid dienone is 7. The molecule has 1 unspecified atom stereocenters. The Morgan fingerprint density at radius 3 is 2.55 bits per heavy atom. The molecule has 42 heavy (non-hydrogen) atoms. The lowest BCUT2D eigenvalue weighted by atomic mass is 9.78. The largest absolute Gasteiger partial charge is 0.494 e. The van der Waals surface area contributed by atoms with Crippen LogP contribution in [0.4, 0.5) is 0 Å². The number of hydrogen-bond acceptors (Lipinski definition) is 3. The molecule has 0 saturated carbocycles. The quantitative estimate of drug-likeness (QED) is 0.161. The summed E-state index contributed by atoms with van der Waals surface area (Å²) in [6, 6.07) is 15.0. The highest BCUT2D eigenvalue weighted by Crippen LogP contribution is 2.38. The Morgan fingerprint density at radius 2 is 1.81 bits per heavy atom. The van der Waals surface area contributed by atoms with Gasteiger partial charge < -0.3 is 9.31 Å². The Balaban J connectivity index is 1.58. The van der Waals surface area contributed by atoms with E-state index in [1.165, 1.54) is 22.3 Å². The van der Waals surface area contributed by atoms with Crippen LogP contribution >= 0.6 is 0 Å². The van der Waals surface area contributed by atoms with Crippen LogP contribution in [-0.4, -0.2) is 27.7 Å². The van der Waals surface area contributed by atoms with Gasteiger partial charge in [-0.25, -0.2) is 4.98 Å². The Morgan fingerprint density at radius 1 is 1.05 bits per heavy atom. The molecule has 6 rings (SSSR count). The van der Waals surface area contributed by atoms with E-state index < -0.39 is 18.3 Å². The fourth-order valence-corrected chi connectivity index (χ4v) is 6.24. The van der Waals surface area contributed by atoms with Gasteiger partial charge in [0, 0.05) is 10.9 Å². The number of aromatic nitrogens is 2. The lowest BCUT2D eigenvalue weighted by molar-refractivity contribution is 0.00578. The third-order valence-electron chi connectivity index (χ3n) is 9.35. The first-order valence-corrected chi connectivity index (χ1v) is 15.1. The number of pyridine rings is 1. The van der Waals surface area contributed by atoms with E-state index in [0.29, 0.717) is 12.3 Å². The summed E-state index contributed by atoms with van der Waals surface area (Å²) in [5, 5.41) is 1.16. The standard InChI is InChI=1S/C37H41BN2O2/c1-8-10-15-26-16-13-17-27(23-26)25(3)22-30-29(14-9-2)35-39-32-18-11-12-19-34(32)40(35)33-21-20-28(24-31(30)33)38-41-36(4,5)37(6,7)42-38/h8-9,11-13,16-22,24,26H,1-2,10,14-15,23H2,3-7H3/b25-22+. The fraction of sp³-hybridized carbons (Fsp3) is 0.324. The summed E-state index contributed by atoms with van der Waals surface area (Å²) >= 11 is 0. The second-order valence-electron chi connectivity index (χ2n) is 12.7. The van der Waals surface area contributed by atoms with E-state index >= 15 is 0 Å². The van der Waals surface area contributed by atoms with Crippen molar-refractivity contribution in [3.05, 3.63) is 108 Å². The average molecular weight is 557 g/mol. The van der Waals surface area contributed by atoms with Crippen LogP contribution in [0, 0.1) is 5.92 Å². The summed E-state index contributed by atoms with van der Waals surface area (Å²) in [6.07, 6.45) is 17.1. The van der Waals surface area contributed by atoms with Crippen LogP contribution in [0.3, 0.4) is 0 Å². The van der Waals surface area contributed by atoms with E-state index in [0.717, 1.165) is 52.3 Å². The van der Waals surface area contributed by atoms with E-state index in [1.807, 2.05) is 12.2 Å². The number of para-hydroxylation sites is 2. The molecule has 2 aromatic carbocycles. The number of nitrogens with zero attached hydrogens (tertiary/aromatic N) is 2. The topological polar surface area (TPSA) is 35.8 Å². The summed E-state index contributed by atoms with van der Waals surface area (Å²) in [5.41, 5.74) is 9.39. The van der Waals surface area contributed by atoms with Crippen LogP contribution in [0.5, 0.6) is 0 Å². The number of benzene rings is 2. The van der Waals surface area contributed by atoms with Gasteiger partial charge >= 0.3 is 7.12 Å². The van der Waals surface area contributed by atoms with Gasteiger partial charge in [-0.1, -0.05) is 60.7 Å². The highest BCUT2D eigenvalue weighted by Gasteiger charge is 2.51. The van der Waals surface area contributed by atoms with Gasteiger partial charge in [0.15, 0.2) is 0 Å². The van der Waals surface area contributed by atoms with E-state index in [1.54, 1.807) is 0 Å². The molecule has 0 spiro atoms. The zero-order valence-corrected chi connectivity index (χ0v) is 25.6. The smallest absolute Gasteiger partial charge is 0.399 e. The lowest BCUT2D eigenvalue weighted by Gasteiger charge is -2.32. The second kappa shape index (κ2) is 10.9. The highest BCUT2D eigenvalue weighted by atomic mass is 16.7. The van der Waals surface area contributed by atoms with Crippen molar-refractivity contribution in [1.82, 2.24) is 9.38 Å². The number of fused-ring (bicyclic) bond motifs is 5. The molecule has 4 nitrogen and oxygen atoms in total. The van der Waals surface area contributed by atoms with Crippen LogP contribution in [0.25, 0.3) is 33.7 Å². The molecular formula is C37H41BN2O2. The maximum Gasteiger partial charge on any atom is 0.494 e. The fourth-order valence-electron chi connectivity index (χ4n) is 6.24. The minimum atomic E-state index is -0.438. The van der Waals surface area contributed by atoms with Gasteiger partial charge in [0.05, 0.1) is 27.8 Å². The molecule has 2 aliphatic rings. The minimum Gasteiger partial charge on any atom is -0.399 e. The Kier molecular flexibility index (Phi) is 7.37. The Bertz CT molecular complexity index is 1790. The maximum absolute atomic E-state index is 6.48. The summed E-state index contributed by atoms with van der Waals surface area (Å²) in [7, 11) is -0.438. The molecule has 1 fully saturated rings. The molecule has 1 aliphatic carbocycles. The van der Waals surface area contributed by atoms with E-state index in [-0.39, 0.29) is 0 Å². The Labute approximate surface area is 250 Å². The van der Waals surface area contributed by atoms with Crippen molar-refractivity contribution in [3.63, 3.8) is 0 Å². The molecule has 214 valence electrons. The zero-order chi connectivity index (χ0) is 29.6. The van der Waals surface area contributed by atoms with Gasteiger partial charge in [-0.15, -0.1) is 13.2 Å². The predicted octanol–water partition coefficient (Wildman–Crippen LogP) is 8.54. The minimum absolute atomic E-state index is 0.409. The monoisotopic (exact) mass is 556 g/mol. The molecule has 4 aromatic rings. The van der Waals surface area contributed by atoms with Gasteiger partial charge in [0.25, 0.3) is 0 Å². The van der Waals surface area contributed by atoms with Gasteiger partial charge in [-0.05, 0) is 107 Å². The van der Waals surface area contributed by atoms with Crippen LogP contribution in [0.2, 0.25) is 0 Å². The molecule has 0 bridgehead atoms. The number of imidazole rings is 1. The van der Waals surface area contributed by atoms with Crippen LogP contribution in [0.15, 0.2) is 97.1 Å². The molecule has 1 atom stereocenters. The molecule has 0 N–H and O–H groups in total. The maximum atomic E-state index is 6.48. The molecule has 1 aliphatic heterocycles. The zero-order valence-electron chi connectivity index (χ0n) is 25.6. The molecule has 3 heterocycles. The van der Waals surface area contributed by atoms with Gasteiger partial charge in [-0.3, -0.25) is 4.40 Å². The van der Waals surface area contributed by atoms with E-state index in [4.69, 9.17) is 14.3 Å². The third kappa shape index (κ3) is 4.89. The van der Waals surface area contributed by atoms with Crippen LogP contribution < -0.4 is 5.46 Å². The highest BCUT2D eigenvalue weighted by molar-refractivity contribution is 6.62.